The van der Waals surface area contributed by atoms with Crippen molar-refractivity contribution in [2.24, 2.45) is 14.1 Å². The fourth-order valence-electron chi connectivity index (χ4n) is 3.51. The number of carbonyl (C=O) groups excluding carboxylic acids is 1. The molecule has 132 valence electrons. The van der Waals surface area contributed by atoms with Crippen LogP contribution in [0.3, 0.4) is 0 Å². The number of anilines is 1. The fraction of sp³-hybridized carbons (Fsp3) is 0.222. The van der Waals surface area contributed by atoms with Crippen LogP contribution in [0.25, 0.3) is 0 Å². The number of rotatable bonds is 3. The average Bonchev–Trinajstić information content (AvgIpc) is 3.22. The largest absolute Gasteiger partial charge is 0.478 e. The summed E-state index contributed by atoms with van der Waals surface area (Å²) in [5.41, 5.74) is 0.657. The Morgan fingerprint density at radius 2 is 1.77 bits per heavy atom. The lowest BCUT2D eigenvalue weighted by molar-refractivity contribution is 0.0690. The van der Waals surface area contributed by atoms with Crippen LogP contribution in [0.15, 0.2) is 43.0 Å². The number of carboxylic acids is 1. The Hall–Kier alpha value is -3.42. The van der Waals surface area contributed by atoms with Gasteiger partial charge in [0.05, 0.1) is 11.1 Å². The van der Waals surface area contributed by atoms with Crippen LogP contribution >= 0.6 is 0 Å². The standard InChI is InChI=1S/C18H17N5O3/c1-22-8-6-19-16(22)13-14(17-20-7-9-23(17)2)21-11-5-3-4-10(18(25)26)12(11)15(13)24/h3-9,13-14,21H,1-2H3,(H,25,26). The number of hydrogen-bond donors (Lipinski definition) is 2. The smallest absolute Gasteiger partial charge is 0.336 e. The first-order chi connectivity index (χ1) is 12.5. The van der Waals surface area contributed by atoms with Crippen LogP contribution in [-0.4, -0.2) is 36.0 Å². The Bertz CT molecular complexity index is 1020. The minimum Gasteiger partial charge on any atom is -0.478 e. The molecule has 8 nitrogen and oxygen atoms in total. The van der Waals surface area contributed by atoms with Crippen molar-refractivity contribution < 1.29 is 14.7 Å². The van der Waals surface area contributed by atoms with Gasteiger partial charge in [-0.1, -0.05) is 6.07 Å². The van der Waals surface area contributed by atoms with Gasteiger partial charge in [0.1, 0.15) is 23.6 Å². The summed E-state index contributed by atoms with van der Waals surface area (Å²) in [5.74, 6) is -0.867. The summed E-state index contributed by atoms with van der Waals surface area (Å²) in [6.07, 6.45) is 6.85. The van der Waals surface area contributed by atoms with Gasteiger partial charge >= 0.3 is 5.97 Å². The summed E-state index contributed by atoms with van der Waals surface area (Å²) >= 11 is 0. The molecule has 3 aromatic rings. The summed E-state index contributed by atoms with van der Waals surface area (Å²) in [6.45, 7) is 0. The first-order valence-corrected chi connectivity index (χ1v) is 8.10. The molecule has 2 atom stereocenters. The highest BCUT2D eigenvalue weighted by molar-refractivity contribution is 6.14. The highest BCUT2D eigenvalue weighted by atomic mass is 16.4. The molecule has 1 aliphatic rings. The molecule has 0 spiro atoms. The van der Waals surface area contributed by atoms with Crippen molar-refractivity contribution >= 4 is 17.4 Å². The molecule has 0 amide bonds. The van der Waals surface area contributed by atoms with E-state index in [1.165, 1.54) is 6.07 Å². The molecular weight excluding hydrogens is 334 g/mol. The lowest BCUT2D eigenvalue weighted by Gasteiger charge is -2.33. The molecule has 1 aliphatic heterocycles. The Labute approximate surface area is 149 Å². The molecule has 0 aliphatic carbocycles. The van der Waals surface area contributed by atoms with Crippen molar-refractivity contribution in [3.05, 3.63) is 65.8 Å². The van der Waals surface area contributed by atoms with Crippen LogP contribution in [0.1, 0.15) is 44.3 Å². The summed E-state index contributed by atoms with van der Waals surface area (Å²) < 4.78 is 3.61. The van der Waals surface area contributed by atoms with E-state index in [9.17, 15) is 14.7 Å². The van der Waals surface area contributed by atoms with E-state index in [-0.39, 0.29) is 16.9 Å². The van der Waals surface area contributed by atoms with Crippen LogP contribution in [0.4, 0.5) is 5.69 Å². The van der Waals surface area contributed by atoms with Gasteiger partial charge in [0.15, 0.2) is 5.78 Å². The maximum absolute atomic E-state index is 13.4. The number of carbonyl (C=O) groups is 2. The number of Topliss-reactive ketones (excluding diaryl/α,β-unsaturated/α-hetero) is 1. The van der Waals surface area contributed by atoms with Crippen LogP contribution in [0, 0.1) is 0 Å². The summed E-state index contributed by atoms with van der Waals surface area (Å²) in [5, 5.41) is 12.8. The highest BCUT2D eigenvalue weighted by Gasteiger charge is 2.43. The third-order valence-corrected chi connectivity index (χ3v) is 4.74. The first kappa shape index (κ1) is 16.1. The van der Waals surface area contributed by atoms with E-state index in [1.54, 1.807) is 41.5 Å². The van der Waals surface area contributed by atoms with Gasteiger partial charge in [-0.2, -0.15) is 0 Å². The molecule has 0 fully saturated rings. The number of benzene rings is 1. The Morgan fingerprint density at radius 3 is 2.35 bits per heavy atom. The second-order valence-corrected chi connectivity index (χ2v) is 6.29. The Morgan fingerprint density at radius 1 is 1.12 bits per heavy atom. The van der Waals surface area contributed by atoms with Crippen LogP contribution in [-0.2, 0) is 14.1 Å². The molecule has 2 aromatic heterocycles. The molecule has 2 unspecified atom stereocenters. The molecule has 8 heteroatoms. The van der Waals surface area contributed by atoms with Crippen LogP contribution in [0.5, 0.6) is 0 Å². The third-order valence-electron chi connectivity index (χ3n) is 4.74. The summed E-state index contributed by atoms with van der Waals surface area (Å²) in [6, 6.07) is 4.32. The molecule has 0 saturated carbocycles. The second-order valence-electron chi connectivity index (χ2n) is 6.29. The van der Waals surface area contributed by atoms with E-state index in [4.69, 9.17) is 0 Å². The number of nitrogens with one attached hydrogen (secondary N) is 1. The number of aromatic carboxylic acids is 1. The van der Waals surface area contributed by atoms with E-state index in [0.717, 1.165) is 0 Å². The van der Waals surface area contributed by atoms with Gasteiger partial charge in [-0.3, -0.25) is 4.79 Å². The van der Waals surface area contributed by atoms with Crippen molar-refractivity contribution in [2.45, 2.75) is 12.0 Å². The van der Waals surface area contributed by atoms with Gasteiger partial charge in [-0.05, 0) is 12.1 Å². The van der Waals surface area contributed by atoms with E-state index >= 15 is 0 Å². The monoisotopic (exact) mass is 351 g/mol. The van der Waals surface area contributed by atoms with Gasteiger partial charge in [-0.25, -0.2) is 14.8 Å². The number of nitrogens with zero attached hydrogens (tertiary/aromatic N) is 4. The predicted octanol–water partition coefficient (Wildman–Crippen LogP) is 1.99. The lowest BCUT2D eigenvalue weighted by atomic mass is 9.82. The lowest BCUT2D eigenvalue weighted by Crippen LogP contribution is -2.35. The minimum absolute atomic E-state index is 0.0162. The Balaban J connectivity index is 1.95. The van der Waals surface area contributed by atoms with Crippen LogP contribution < -0.4 is 5.32 Å². The molecule has 1 aromatic carbocycles. The zero-order valence-electron chi connectivity index (χ0n) is 14.2. The summed E-state index contributed by atoms with van der Waals surface area (Å²) in [7, 11) is 3.66. The maximum atomic E-state index is 13.4. The van der Waals surface area contributed by atoms with Gasteiger partial charge in [0, 0.05) is 44.6 Å². The topological polar surface area (TPSA) is 102 Å². The van der Waals surface area contributed by atoms with E-state index < -0.39 is 17.9 Å². The number of fused-ring (bicyclic) bond motifs is 1. The normalized spacial score (nSPS) is 19.1. The number of aromatic nitrogens is 4. The Kier molecular flexibility index (Phi) is 3.61. The van der Waals surface area contributed by atoms with Gasteiger partial charge in [-0.15, -0.1) is 0 Å². The molecule has 0 radical (unpaired) electrons. The van der Waals surface area contributed by atoms with Crippen molar-refractivity contribution in [3.8, 4) is 0 Å². The van der Waals surface area contributed by atoms with Crippen molar-refractivity contribution in [1.82, 2.24) is 19.1 Å². The fourth-order valence-corrected chi connectivity index (χ4v) is 3.51. The SMILES string of the molecule is Cn1ccnc1C1Nc2cccc(C(=O)O)c2C(=O)C1c1nccn1C. The number of aryl methyl sites for hydroxylation is 2. The maximum Gasteiger partial charge on any atom is 0.336 e. The van der Waals surface area contributed by atoms with E-state index in [0.29, 0.717) is 17.3 Å². The second kappa shape index (κ2) is 5.83. The minimum atomic E-state index is -1.13. The molecule has 2 N–H and O–H groups in total. The predicted molar refractivity (Wildman–Crippen MR) is 93.3 cm³/mol. The van der Waals surface area contributed by atoms with Crippen molar-refractivity contribution in [2.75, 3.05) is 5.32 Å². The van der Waals surface area contributed by atoms with Crippen LogP contribution in [0.2, 0.25) is 0 Å². The number of imidazole rings is 2. The summed E-state index contributed by atoms with van der Waals surface area (Å²) in [4.78, 5) is 33.8. The van der Waals surface area contributed by atoms with Gasteiger partial charge in [0.2, 0.25) is 0 Å². The zero-order valence-corrected chi connectivity index (χ0v) is 14.2. The third kappa shape index (κ3) is 2.30. The van der Waals surface area contributed by atoms with E-state index in [1.807, 2.05) is 18.7 Å². The molecule has 26 heavy (non-hydrogen) atoms. The molecule has 0 bridgehead atoms. The van der Waals surface area contributed by atoms with Crippen molar-refractivity contribution in [3.63, 3.8) is 0 Å². The first-order valence-electron chi connectivity index (χ1n) is 8.10. The molecular formula is C18H17N5O3. The van der Waals surface area contributed by atoms with Gasteiger partial charge < -0.3 is 19.6 Å². The molecule has 3 heterocycles. The number of carboxylic acid groups (broad SMARTS) is 1. The highest BCUT2D eigenvalue weighted by Crippen LogP contribution is 2.42. The molecule has 0 saturated heterocycles. The van der Waals surface area contributed by atoms with E-state index in [2.05, 4.69) is 15.3 Å². The number of ketones is 1. The average molecular weight is 351 g/mol. The van der Waals surface area contributed by atoms with Crippen molar-refractivity contribution in [1.29, 1.82) is 0 Å². The molecule has 4 rings (SSSR count). The van der Waals surface area contributed by atoms with Gasteiger partial charge in [0.25, 0.3) is 0 Å². The zero-order chi connectivity index (χ0) is 18.4. The number of hydrogen-bond acceptors (Lipinski definition) is 5. The quantitative estimate of drug-likeness (QED) is 0.748.